The highest BCUT2D eigenvalue weighted by molar-refractivity contribution is 7.89. The Morgan fingerprint density at radius 3 is 2.44 bits per heavy atom. The zero-order chi connectivity index (χ0) is 19.2. The summed E-state index contributed by atoms with van der Waals surface area (Å²) in [6, 6.07) is 13.0. The summed E-state index contributed by atoms with van der Waals surface area (Å²) in [6.45, 7) is 0.787. The van der Waals surface area contributed by atoms with E-state index in [1.54, 1.807) is 18.2 Å². The SMILES string of the molecule is O=S(=O)(c1ccc(F)cc1)N1CCn2cccc2C1c1ccc(Cl)cc1Cl. The van der Waals surface area contributed by atoms with Gasteiger partial charge in [0.1, 0.15) is 5.82 Å². The van der Waals surface area contributed by atoms with Crippen LogP contribution in [0.2, 0.25) is 10.0 Å². The first-order chi connectivity index (χ1) is 12.9. The monoisotopic (exact) mass is 424 g/mol. The Labute approximate surface area is 166 Å². The van der Waals surface area contributed by atoms with Crippen molar-refractivity contribution in [1.29, 1.82) is 0 Å². The summed E-state index contributed by atoms with van der Waals surface area (Å²) < 4.78 is 43.3. The lowest BCUT2D eigenvalue weighted by Gasteiger charge is -2.36. The number of nitrogens with zero attached hydrogens (tertiary/aromatic N) is 2. The first-order valence-corrected chi connectivity index (χ1v) is 10.4. The van der Waals surface area contributed by atoms with Gasteiger partial charge in [-0.25, -0.2) is 12.8 Å². The van der Waals surface area contributed by atoms with Crippen LogP contribution in [-0.4, -0.2) is 23.8 Å². The zero-order valence-electron chi connectivity index (χ0n) is 14.0. The van der Waals surface area contributed by atoms with Crippen molar-refractivity contribution >= 4 is 33.2 Å². The lowest BCUT2D eigenvalue weighted by atomic mass is 10.0. The van der Waals surface area contributed by atoms with Crippen LogP contribution in [0.25, 0.3) is 0 Å². The normalized spacial score (nSPS) is 17.7. The highest BCUT2D eigenvalue weighted by Crippen LogP contribution is 2.39. The van der Waals surface area contributed by atoms with Crippen molar-refractivity contribution in [3.63, 3.8) is 0 Å². The predicted octanol–water partition coefficient (Wildman–Crippen LogP) is 4.73. The first kappa shape index (κ1) is 18.5. The molecular formula is C19H15Cl2FN2O2S. The van der Waals surface area contributed by atoms with Gasteiger partial charge in [-0.1, -0.05) is 29.3 Å². The number of hydrogen-bond donors (Lipinski definition) is 0. The van der Waals surface area contributed by atoms with E-state index < -0.39 is 21.9 Å². The predicted molar refractivity (Wildman–Crippen MR) is 103 cm³/mol. The molecule has 3 aromatic rings. The number of sulfonamides is 1. The van der Waals surface area contributed by atoms with Crippen LogP contribution < -0.4 is 0 Å². The van der Waals surface area contributed by atoms with Gasteiger partial charge >= 0.3 is 0 Å². The van der Waals surface area contributed by atoms with Crippen molar-refractivity contribution in [2.24, 2.45) is 0 Å². The molecule has 1 aromatic heterocycles. The Morgan fingerprint density at radius 2 is 1.74 bits per heavy atom. The topological polar surface area (TPSA) is 42.3 Å². The van der Waals surface area contributed by atoms with Crippen LogP contribution in [0.3, 0.4) is 0 Å². The van der Waals surface area contributed by atoms with Gasteiger partial charge in [0, 0.05) is 35.0 Å². The van der Waals surface area contributed by atoms with Crippen LogP contribution in [0.4, 0.5) is 4.39 Å². The van der Waals surface area contributed by atoms with Crippen molar-refractivity contribution in [3.8, 4) is 0 Å². The maximum absolute atomic E-state index is 13.3. The molecule has 1 aliphatic heterocycles. The average molecular weight is 425 g/mol. The molecule has 1 unspecified atom stereocenters. The van der Waals surface area contributed by atoms with Crippen molar-refractivity contribution in [1.82, 2.24) is 8.87 Å². The van der Waals surface area contributed by atoms with Crippen molar-refractivity contribution < 1.29 is 12.8 Å². The van der Waals surface area contributed by atoms with Gasteiger partial charge in [0.2, 0.25) is 10.0 Å². The highest BCUT2D eigenvalue weighted by atomic mass is 35.5. The number of fused-ring (bicyclic) bond motifs is 1. The molecule has 1 aliphatic rings. The van der Waals surface area contributed by atoms with Gasteiger partial charge in [-0.2, -0.15) is 4.31 Å². The van der Waals surface area contributed by atoms with E-state index >= 15 is 0 Å². The molecule has 0 N–H and O–H groups in total. The third-order valence-electron chi connectivity index (χ3n) is 4.67. The Bertz CT molecular complexity index is 1100. The molecule has 0 spiro atoms. The summed E-state index contributed by atoms with van der Waals surface area (Å²) >= 11 is 12.4. The molecule has 4 rings (SSSR count). The smallest absolute Gasteiger partial charge is 0.244 e. The quantitative estimate of drug-likeness (QED) is 0.609. The second kappa shape index (κ2) is 6.95. The lowest BCUT2D eigenvalue weighted by molar-refractivity contribution is 0.298. The van der Waals surface area contributed by atoms with Crippen LogP contribution in [0.15, 0.2) is 65.7 Å². The van der Waals surface area contributed by atoms with E-state index in [1.165, 1.54) is 16.4 Å². The molecule has 0 aliphatic carbocycles. The summed E-state index contributed by atoms with van der Waals surface area (Å²) in [5, 5.41) is 0.865. The molecule has 0 radical (unpaired) electrons. The molecule has 0 saturated carbocycles. The van der Waals surface area contributed by atoms with E-state index in [4.69, 9.17) is 23.2 Å². The minimum Gasteiger partial charge on any atom is -0.348 e. The average Bonchev–Trinajstić information content (AvgIpc) is 3.10. The van der Waals surface area contributed by atoms with Gasteiger partial charge in [-0.15, -0.1) is 0 Å². The molecule has 0 bridgehead atoms. The summed E-state index contributed by atoms with van der Waals surface area (Å²) in [6.07, 6.45) is 1.91. The van der Waals surface area contributed by atoms with E-state index in [-0.39, 0.29) is 11.4 Å². The fourth-order valence-corrected chi connectivity index (χ4v) is 5.48. The molecular weight excluding hydrogens is 410 g/mol. The van der Waals surface area contributed by atoms with Crippen LogP contribution in [0.1, 0.15) is 17.3 Å². The second-order valence-electron chi connectivity index (χ2n) is 6.26. The van der Waals surface area contributed by atoms with Crippen LogP contribution >= 0.6 is 23.2 Å². The van der Waals surface area contributed by atoms with Crippen molar-refractivity contribution in [2.75, 3.05) is 6.54 Å². The van der Waals surface area contributed by atoms with Crippen molar-refractivity contribution in [3.05, 3.63) is 87.9 Å². The molecule has 27 heavy (non-hydrogen) atoms. The third kappa shape index (κ3) is 3.27. The van der Waals surface area contributed by atoms with E-state index in [1.807, 2.05) is 22.9 Å². The van der Waals surface area contributed by atoms with Gasteiger partial charge in [0.15, 0.2) is 0 Å². The number of aromatic nitrogens is 1. The maximum Gasteiger partial charge on any atom is 0.244 e. The minimum absolute atomic E-state index is 0.0407. The van der Waals surface area contributed by atoms with Gasteiger partial charge in [0.05, 0.1) is 10.9 Å². The molecule has 2 aromatic carbocycles. The number of benzene rings is 2. The molecule has 1 atom stereocenters. The summed E-state index contributed by atoms with van der Waals surface area (Å²) in [4.78, 5) is 0.0407. The van der Waals surface area contributed by atoms with E-state index in [9.17, 15) is 12.8 Å². The Morgan fingerprint density at radius 1 is 1.00 bits per heavy atom. The lowest BCUT2D eigenvalue weighted by Crippen LogP contribution is -2.42. The summed E-state index contributed by atoms with van der Waals surface area (Å²) in [5.74, 6) is -0.487. The van der Waals surface area contributed by atoms with Gasteiger partial charge in [0.25, 0.3) is 0 Å². The Kier molecular flexibility index (Phi) is 4.76. The molecule has 2 heterocycles. The third-order valence-corrected chi connectivity index (χ3v) is 7.11. The number of rotatable bonds is 3. The highest BCUT2D eigenvalue weighted by Gasteiger charge is 2.38. The number of halogens is 3. The largest absolute Gasteiger partial charge is 0.348 e. The van der Waals surface area contributed by atoms with E-state index in [0.29, 0.717) is 22.2 Å². The van der Waals surface area contributed by atoms with Crippen LogP contribution in [0.5, 0.6) is 0 Å². The molecule has 0 saturated heterocycles. The zero-order valence-corrected chi connectivity index (χ0v) is 16.3. The van der Waals surface area contributed by atoms with E-state index in [0.717, 1.165) is 17.8 Å². The first-order valence-electron chi connectivity index (χ1n) is 8.25. The molecule has 0 amide bonds. The van der Waals surface area contributed by atoms with Gasteiger partial charge < -0.3 is 4.57 Å². The fourth-order valence-electron chi connectivity index (χ4n) is 3.40. The molecule has 8 heteroatoms. The maximum atomic E-state index is 13.3. The Hall–Kier alpha value is -1.86. The standard InChI is InChI=1S/C19H15Cl2FN2O2S/c20-13-3-8-16(17(21)12-13)19-18-2-1-9-23(18)10-11-24(19)27(25,26)15-6-4-14(22)5-7-15/h1-9,12,19H,10-11H2. The van der Waals surface area contributed by atoms with Crippen molar-refractivity contribution in [2.45, 2.75) is 17.5 Å². The van der Waals surface area contributed by atoms with E-state index in [2.05, 4.69) is 0 Å². The number of hydrogen-bond acceptors (Lipinski definition) is 2. The second-order valence-corrected chi connectivity index (χ2v) is 9.00. The minimum atomic E-state index is -3.86. The molecule has 0 fully saturated rings. The Balaban J connectivity index is 1.87. The molecule has 140 valence electrons. The fraction of sp³-hybridized carbons (Fsp3) is 0.158. The molecule has 4 nitrogen and oxygen atoms in total. The van der Waals surface area contributed by atoms with Crippen LogP contribution in [-0.2, 0) is 16.6 Å². The van der Waals surface area contributed by atoms with Gasteiger partial charge in [-0.3, -0.25) is 0 Å². The van der Waals surface area contributed by atoms with Gasteiger partial charge in [-0.05, 0) is 54.1 Å². The van der Waals surface area contributed by atoms with Crippen LogP contribution in [0, 0.1) is 5.82 Å². The summed E-state index contributed by atoms with van der Waals surface area (Å²) in [7, 11) is -3.86. The summed E-state index contributed by atoms with van der Waals surface area (Å²) in [5.41, 5.74) is 1.46.